The molecule has 0 radical (unpaired) electrons. The number of benzene rings is 2. The highest BCUT2D eigenvalue weighted by atomic mass is 35.5. The quantitative estimate of drug-likeness (QED) is 0.662. The SMILES string of the molecule is O=C(COc1ccc(Cl)cc1)NC1CCN(CCOc2ccc(Cl)cc2)CC1O. The van der Waals surface area contributed by atoms with Gasteiger partial charge in [0.2, 0.25) is 0 Å². The summed E-state index contributed by atoms with van der Waals surface area (Å²) in [6.07, 6.45) is 0.0215. The fourth-order valence-corrected chi connectivity index (χ4v) is 3.37. The Morgan fingerprint density at radius 1 is 1.03 bits per heavy atom. The number of hydrogen-bond donors (Lipinski definition) is 2. The molecule has 8 heteroatoms. The van der Waals surface area contributed by atoms with Crippen LogP contribution in [-0.2, 0) is 4.79 Å². The van der Waals surface area contributed by atoms with Crippen molar-refractivity contribution in [2.45, 2.75) is 18.6 Å². The van der Waals surface area contributed by atoms with Crippen molar-refractivity contribution in [3.8, 4) is 11.5 Å². The van der Waals surface area contributed by atoms with E-state index < -0.39 is 6.10 Å². The van der Waals surface area contributed by atoms with Crippen LogP contribution in [0.25, 0.3) is 0 Å². The van der Waals surface area contributed by atoms with E-state index in [2.05, 4.69) is 10.2 Å². The standard InChI is InChI=1S/C21H24Cl2N2O4/c22-15-1-5-17(6-2-15)28-12-11-25-10-9-19(20(26)13-25)24-21(27)14-29-18-7-3-16(23)4-8-18/h1-8,19-20,26H,9-14H2,(H,24,27). The summed E-state index contributed by atoms with van der Waals surface area (Å²) < 4.78 is 11.1. The van der Waals surface area contributed by atoms with E-state index in [-0.39, 0.29) is 18.6 Å². The normalized spacial score (nSPS) is 19.6. The monoisotopic (exact) mass is 438 g/mol. The van der Waals surface area contributed by atoms with Gasteiger partial charge < -0.3 is 19.9 Å². The maximum Gasteiger partial charge on any atom is 0.258 e. The summed E-state index contributed by atoms with van der Waals surface area (Å²) in [7, 11) is 0. The summed E-state index contributed by atoms with van der Waals surface area (Å²) in [5, 5.41) is 14.5. The molecule has 2 aromatic rings. The molecule has 156 valence electrons. The molecule has 3 rings (SSSR count). The van der Waals surface area contributed by atoms with Crippen LogP contribution in [0.5, 0.6) is 11.5 Å². The van der Waals surface area contributed by atoms with Crippen molar-refractivity contribution in [1.29, 1.82) is 0 Å². The molecule has 1 heterocycles. The minimum Gasteiger partial charge on any atom is -0.492 e. The topological polar surface area (TPSA) is 71.0 Å². The number of nitrogens with one attached hydrogen (secondary N) is 1. The van der Waals surface area contributed by atoms with Gasteiger partial charge in [-0.05, 0) is 55.0 Å². The lowest BCUT2D eigenvalue weighted by Gasteiger charge is -2.36. The summed E-state index contributed by atoms with van der Waals surface area (Å²) in [6, 6.07) is 13.7. The molecule has 1 fully saturated rings. The molecule has 2 N–H and O–H groups in total. The first-order valence-corrected chi connectivity index (χ1v) is 10.2. The number of rotatable bonds is 8. The number of likely N-dealkylation sites (tertiary alicyclic amines) is 1. The molecule has 0 bridgehead atoms. The number of aliphatic hydroxyl groups excluding tert-OH is 1. The molecule has 1 aliphatic heterocycles. The van der Waals surface area contributed by atoms with Gasteiger partial charge in [-0.3, -0.25) is 9.69 Å². The second kappa shape index (κ2) is 10.7. The lowest BCUT2D eigenvalue weighted by molar-refractivity contribution is -0.125. The number of hydrogen-bond acceptors (Lipinski definition) is 5. The largest absolute Gasteiger partial charge is 0.492 e. The van der Waals surface area contributed by atoms with Crippen LogP contribution in [0.2, 0.25) is 10.0 Å². The molecule has 1 aliphatic rings. The van der Waals surface area contributed by atoms with Gasteiger partial charge in [0.05, 0.1) is 12.1 Å². The number of carbonyl (C=O) groups is 1. The Hall–Kier alpha value is -1.99. The van der Waals surface area contributed by atoms with Gasteiger partial charge in [0, 0.05) is 29.7 Å². The molecule has 29 heavy (non-hydrogen) atoms. The van der Waals surface area contributed by atoms with Crippen molar-refractivity contribution >= 4 is 29.1 Å². The first-order chi connectivity index (χ1) is 14.0. The molecular formula is C21H24Cl2N2O4. The number of nitrogens with zero attached hydrogens (tertiary/aromatic N) is 1. The molecule has 0 aromatic heterocycles. The summed E-state index contributed by atoms with van der Waals surface area (Å²) in [5.74, 6) is 1.07. The smallest absolute Gasteiger partial charge is 0.258 e. The van der Waals surface area contributed by atoms with Crippen LogP contribution in [0.15, 0.2) is 48.5 Å². The Morgan fingerprint density at radius 2 is 1.62 bits per heavy atom. The van der Waals surface area contributed by atoms with Crippen molar-refractivity contribution in [1.82, 2.24) is 10.2 Å². The molecule has 1 saturated heterocycles. The van der Waals surface area contributed by atoms with Crippen molar-refractivity contribution in [2.75, 3.05) is 32.8 Å². The van der Waals surface area contributed by atoms with Crippen LogP contribution in [0.3, 0.4) is 0 Å². The number of carbonyl (C=O) groups excluding carboxylic acids is 1. The Balaban J connectivity index is 1.35. The first kappa shape index (κ1) is 21.7. The molecule has 0 aliphatic carbocycles. The zero-order valence-electron chi connectivity index (χ0n) is 15.9. The van der Waals surface area contributed by atoms with E-state index in [1.165, 1.54) is 0 Å². The van der Waals surface area contributed by atoms with Gasteiger partial charge >= 0.3 is 0 Å². The van der Waals surface area contributed by atoms with Gasteiger partial charge in [-0.15, -0.1) is 0 Å². The zero-order valence-corrected chi connectivity index (χ0v) is 17.4. The molecule has 2 aromatic carbocycles. The third-order valence-electron chi connectivity index (χ3n) is 4.69. The third kappa shape index (κ3) is 7.08. The fraction of sp³-hybridized carbons (Fsp3) is 0.381. The summed E-state index contributed by atoms with van der Waals surface area (Å²) in [6.45, 7) is 2.35. The zero-order chi connectivity index (χ0) is 20.6. The van der Waals surface area contributed by atoms with E-state index in [1.807, 2.05) is 12.1 Å². The van der Waals surface area contributed by atoms with Crippen molar-refractivity contribution < 1.29 is 19.4 Å². The van der Waals surface area contributed by atoms with E-state index in [0.717, 1.165) is 12.3 Å². The predicted molar refractivity (Wildman–Crippen MR) is 113 cm³/mol. The number of β-amino-alcohol motifs (C(OH)–C–C–N with tert-alkyl or cyclic N) is 1. The minimum atomic E-state index is -0.640. The van der Waals surface area contributed by atoms with E-state index >= 15 is 0 Å². The van der Waals surface area contributed by atoms with Crippen LogP contribution >= 0.6 is 23.2 Å². The van der Waals surface area contributed by atoms with Crippen LogP contribution in [0, 0.1) is 0 Å². The highest BCUT2D eigenvalue weighted by molar-refractivity contribution is 6.30. The molecule has 1 amide bonds. The maximum absolute atomic E-state index is 12.1. The Labute approximate surface area is 180 Å². The van der Waals surface area contributed by atoms with Crippen LogP contribution in [0.4, 0.5) is 0 Å². The van der Waals surface area contributed by atoms with Gasteiger partial charge in [0.1, 0.15) is 18.1 Å². The molecule has 2 unspecified atom stereocenters. The molecule has 0 spiro atoms. The second-order valence-electron chi connectivity index (χ2n) is 6.88. The Morgan fingerprint density at radius 3 is 2.21 bits per heavy atom. The second-order valence-corrected chi connectivity index (χ2v) is 7.75. The molecule has 0 saturated carbocycles. The Bertz CT molecular complexity index is 786. The van der Waals surface area contributed by atoms with Gasteiger partial charge in [-0.1, -0.05) is 23.2 Å². The average Bonchev–Trinajstić information content (AvgIpc) is 2.71. The fourth-order valence-electron chi connectivity index (χ4n) is 3.12. The van der Waals surface area contributed by atoms with Gasteiger partial charge in [0.25, 0.3) is 5.91 Å². The van der Waals surface area contributed by atoms with E-state index in [9.17, 15) is 9.90 Å². The average molecular weight is 439 g/mol. The van der Waals surface area contributed by atoms with Crippen molar-refractivity contribution in [3.63, 3.8) is 0 Å². The summed E-state index contributed by atoms with van der Waals surface area (Å²) >= 11 is 11.7. The number of piperidine rings is 1. The third-order valence-corrected chi connectivity index (χ3v) is 5.19. The predicted octanol–water partition coefficient (Wildman–Crippen LogP) is 3.00. The van der Waals surface area contributed by atoms with Crippen LogP contribution in [-0.4, -0.2) is 60.9 Å². The number of halogens is 2. The minimum absolute atomic E-state index is 0.108. The highest BCUT2D eigenvalue weighted by Gasteiger charge is 2.28. The van der Waals surface area contributed by atoms with Gasteiger partial charge in [0.15, 0.2) is 6.61 Å². The molecular weight excluding hydrogens is 415 g/mol. The summed E-state index contributed by atoms with van der Waals surface area (Å²) in [4.78, 5) is 14.2. The van der Waals surface area contributed by atoms with Crippen LogP contribution < -0.4 is 14.8 Å². The molecule has 6 nitrogen and oxygen atoms in total. The van der Waals surface area contributed by atoms with Crippen molar-refractivity contribution in [3.05, 3.63) is 58.6 Å². The molecule has 2 atom stereocenters. The highest BCUT2D eigenvalue weighted by Crippen LogP contribution is 2.17. The maximum atomic E-state index is 12.1. The van der Waals surface area contributed by atoms with Crippen molar-refractivity contribution in [2.24, 2.45) is 0 Å². The lowest BCUT2D eigenvalue weighted by atomic mass is 10.0. The van der Waals surface area contributed by atoms with Gasteiger partial charge in [-0.25, -0.2) is 0 Å². The van der Waals surface area contributed by atoms with E-state index in [4.69, 9.17) is 32.7 Å². The van der Waals surface area contributed by atoms with Crippen LogP contribution in [0.1, 0.15) is 6.42 Å². The number of ether oxygens (including phenoxy) is 2. The van der Waals surface area contributed by atoms with E-state index in [0.29, 0.717) is 41.9 Å². The number of amides is 1. The van der Waals surface area contributed by atoms with E-state index in [1.54, 1.807) is 36.4 Å². The van der Waals surface area contributed by atoms with Gasteiger partial charge in [-0.2, -0.15) is 0 Å². The Kier molecular flexibility index (Phi) is 8.00. The summed E-state index contributed by atoms with van der Waals surface area (Å²) in [5.41, 5.74) is 0. The lowest BCUT2D eigenvalue weighted by Crippen LogP contribution is -2.55. The first-order valence-electron chi connectivity index (χ1n) is 9.46. The number of aliphatic hydroxyl groups is 1.